The molecule has 2 aromatic rings. The zero-order valence-corrected chi connectivity index (χ0v) is 9.95. The van der Waals surface area contributed by atoms with Crippen LogP contribution in [0.25, 0.3) is 10.9 Å². The van der Waals surface area contributed by atoms with Crippen LogP contribution in [0.3, 0.4) is 0 Å². The quantitative estimate of drug-likeness (QED) is 0.733. The Bertz CT molecular complexity index is 520. The molecule has 0 fully saturated rings. The van der Waals surface area contributed by atoms with Crippen LogP contribution in [0.2, 0.25) is 0 Å². The van der Waals surface area contributed by atoms with Gasteiger partial charge in [0.1, 0.15) is 0 Å². The van der Waals surface area contributed by atoms with E-state index in [0.29, 0.717) is 12.1 Å². The first kappa shape index (κ1) is 11.6. The van der Waals surface area contributed by atoms with Crippen molar-refractivity contribution in [2.75, 3.05) is 13.6 Å². The lowest BCUT2D eigenvalue weighted by molar-refractivity contribution is 0.0952. The molecular weight excluding hydrogens is 216 g/mol. The van der Waals surface area contributed by atoms with Crippen molar-refractivity contribution in [3.8, 4) is 0 Å². The van der Waals surface area contributed by atoms with Crippen LogP contribution in [-0.4, -0.2) is 35.7 Å². The van der Waals surface area contributed by atoms with Crippen LogP contribution in [0.15, 0.2) is 24.4 Å². The summed E-state index contributed by atoms with van der Waals surface area (Å²) >= 11 is 0. The second-order valence-corrected chi connectivity index (χ2v) is 4.04. The monoisotopic (exact) mass is 232 g/mol. The summed E-state index contributed by atoms with van der Waals surface area (Å²) in [5.41, 5.74) is 1.53. The molecule has 0 radical (unpaired) electrons. The Labute approximate surface area is 99.6 Å². The van der Waals surface area contributed by atoms with Crippen molar-refractivity contribution >= 4 is 16.8 Å². The Kier molecular flexibility index (Phi) is 3.39. The molecule has 0 bridgehead atoms. The molecule has 0 saturated carbocycles. The van der Waals surface area contributed by atoms with Crippen LogP contribution >= 0.6 is 0 Å². The molecule has 1 aromatic heterocycles. The highest BCUT2D eigenvalue weighted by Crippen LogP contribution is 2.15. The van der Waals surface area contributed by atoms with E-state index < -0.39 is 0 Å². The lowest BCUT2D eigenvalue weighted by Gasteiger charge is -2.11. The highest BCUT2D eigenvalue weighted by atomic mass is 16.1. The van der Waals surface area contributed by atoms with Crippen molar-refractivity contribution in [3.63, 3.8) is 0 Å². The predicted molar refractivity (Wildman–Crippen MR) is 66.9 cm³/mol. The Hall–Kier alpha value is -1.88. The molecule has 1 aromatic carbocycles. The zero-order valence-electron chi connectivity index (χ0n) is 9.95. The summed E-state index contributed by atoms with van der Waals surface area (Å²) in [7, 11) is 1.87. The van der Waals surface area contributed by atoms with Crippen LogP contribution in [-0.2, 0) is 0 Å². The number of likely N-dealkylation sites (N-methyl/N-ethyl adjacent to an activating group) is 1. The van der Waals surface area contributed by atoms with Gasteiger partial charge >= 0.3 is 0 Å². The maximum absolute atomic E-state index is 12.0. The van der Waals surface area contributed by atoms with Gasteiger partial charge in [-0.1, -0.05) is 6.07 Å². The molecule has 0 aliphatic heterocycles. The zero-order chi connectivity index (χ0) is 12.3. The predicted octanol–water partition coefficient (Wildman–Crippen LogP) is 0.901. The number of fused-ring (bicyclic) bond motifs is 1. The number of aromatic amines is 1. The largest absolute Gasteiger partial charge is 0.350 e. The molecule has 1 heterocycles. The average molecular weight is 232 g/mol. The molecule has 3 N–H and O–H groups in total. The average Bonchev–Trinajstić information content (AvgIpc) is 2.83. The highest BCUT2D eigenvalue weighted by Gasteiger charge is 2.11. The molecule has 0 aliphatic rings. The normalized spacial score (nSPS) is 12.6. The van der Waals surface area contributed by atoms with Gasteiger partial charge in [0.2, 0.25) is 0 Å². The number of benzene rings is 1. The van der Waals surface area contributed by atoms with Crippen molar-refractivity contribution in [3.05, 3.63) is 30.0 Å². The Morgan fingerprint density at radius 3 is 3.12 bits per heavy atom. The Morgan fingerprint density at radius 1 is 1.53 bits per heavy atom. The maximum atomic E-state index is 12.0. The van der Waals surface area contributed by atoms with Gasteiger partial charge in [0.05, 0.1) is 17.3 Å². The fraction of sp³-hybridized carbons (Fsp3) is 0.333. The van der Waals surface area contributed by atoms with E-state index in [1.54, 1.807) is 12.3 Å². The number of hydrogen-bond donors (Lipinski definition) is 3. The molecule has 0 saturated heterocycles. The topological polar surface area (TPSA) is 69.8 Å². The third-order valence-corrected chi connectivity index (χ3v) is 2.79. The Morgan fingerprint density at radius 2 is 2.35 bits per heavy atom. The SMILES string of the molecule is CNC(C)CNC(=O)c1cccc2[nH]ncc12. The van der Waals surface area contributed by atoms with E-state index in [1.165, 1.54) is 0 Å². The molecular formula is C12H16N4O. The van der Waals surface area contributed by atoms with E-state index in [4.69, 9.17) is 0 Å². The minimum Gasteiger partial charge on any atom is -0.350 e. The van der Waals surface area contributed by atoms with Crippen LogP contribution in [0.5, 0.6) is 0 Å². The minimum absolute atomic E-state index is 0.0703. The second kappa shape index (κ2) is 4.97. The number of nitrogens with one attached hydrogen (secondary N) is 3. The number of nitrogens with zero attached hydrogens (tertiary/aromatic N) is 1. The van der Waals surface area contributed by atoms with Crippen LogP contribution < -0.4 is 10.6 Å². The lowest BCUT2D eigenvalue weighted by Crippen LogP contribution is -2.37. The van der Waals surface area contributed by atoms with Gasteiger partial charge in [-0.25, -0.2) is 0 Å². The molecule has 5 nitrogen and oxygen atoms in total. The molecule has 0 aliphatic carbocycles. The molecule has 1 atom stereocenters. The van der Waals surface area contributed by atoms with Crippen LogP contribution in [0.4, 0.5) is 0 Å². The van der Waals surface area contributed by atoms with Gasteiger partial charge in [0.15, 0.2) is 0 Å². The van der Waals surface area contributed by atoms with E-state index >= 15 is 0 Å². The first-order chi connectivity index (χ1) is 8.22. The van der Waals surface area contributed by atoms with E-state index in [2.05, 4.69) is 20.8 Å². The second-order valence-electron chi connectivity index (χ2n) is 4.04. The van der Waals surface area contributed by atoms with Crippen molar-refractivity contribution in [1.82, 2.24) is 20.8 Å². The van der Waals surface area contributed by atoms with E-state index in [0.717, 1.165) is 10.9 Å². The molecule has 5 heteroatoms. The molecule has 17 heavy (non-hydrogen) atoms. The summed E-state index contributed by atoms with van der Waals surface area (Å²) in [6.45, 7) is 2.61. The number of rotatable bonds is 4. The number of carbonyl (C=O) groups is 1. The van der Waals surface area contributed by atoms with E-state index in [9.17, 15) is 4.79 Å². The number of aromatic nitrogens is 2. The van der Waals surface area contributed by atoms with Gasteiger partial charge < -0.3 is 10.6 Å². The Balaban J connectivity index is 2.16. The third-order valence-electron chi connectivity index (χ3n) is 2.79. The molecule has 1 amide bonds. The van der Waals surface area contributed by atoms with Crippen molar-refractivity contribution in [2.24, 2.45) is 0 Å². The van der Waals surface area contributed by atoms with E-state index in [1.807, 2.05) is 26.1 Å². The van der Waals surface area contributed by atoms with Crippen molar-refractivity contribution in [2.45, 2.75) is 13.0 Å². The van der Waals surface area contributed by atoms with Gasteiger partial charge in [-0.2, -0.15) is 5.10 Å². The van der Waals surface area contributed by atoms with E-state index in [-0.39, 0.29) is 11.9 Å². The minimum atomic E-state index is -0.0703. The van der Waals surface area contributed by atoms with Gasteiger partial charge in [0, 0.05) is 18.0 Å². The number of amides is 1. The smallest absolute Gasteiger partial charge is 0.252 e. The highest BCUT2D eigenvalue weighted by molar-refractivity contribution is 6.06. The van der Waals surface area contributed by atoms with Crippen molar-refractivity contribution in [1.29, 1.82) is 0 Å². The fourth-order valence-electron chi connectivity index (χ4n) is 1.61. The number of hydrogen-bond acceptors (Lipinski definition) is 3. The lowest BCUT2D eigenvalue weighted by atomic mass is 10.1. The van der Waals surface area contributed by atoms with Crippen molar-refractivity contribution < 1.29 is 4.79 Å². The third kappa shape index (κ3) is 2.45. The molecule has 2 rings (SSSR count). The summed E-state index contributed by atoms with van der Waals surface area (Å²) in [4.78, 5) is 12.0. The first-order valence-corrected chi connectivity index (χ1v) is 5.60. The number of H-pyrrole nitrogens is 1. The summed E-state index contributed by atoms with van der Waals surface area (Å²) in [6, 6.07) is 5.80. The fourth-order valence-corrected chi connectivity index (χ4v) is 1.61. The number of carbonyl (C=O) groups excluding carboxylic acids is 1. The summed E-state index contributed by atoms with van der Waals surface area (Å²) in [6.07, 6.45) is 1.67. The standard InChI is InChI=1S/C12H16N4O/c1-8(13-2)6-14-12(17)9-4-3-5-11-10(9)7-15-16-11/h3-5,7-8,13H,6H2,1-2H3,(H,14,17)(H,15,16). The van der Waals surface area contributed by atoms with Gasteiger partial charge in [-0.15, -0.1) is 0 Å². The maximum Gasteiger partial charge on any atom is 0.252 e. The van der Waals surface area contributed by atoms with Gasteiger partial charge in [-0.3, -0.25) is 9.89 Å². The summed E-state index contributed by atoms with van der Waals surface area (Å²) in [5, 5.41) is 13.6. The van der Waals surface area contributed by atoms with Gasteiger partial charge in [-0.05, 0) is 26.1 Å². The molecule has 1 unspecified atom stereocenters. The van der Waals surface area contributed by atoms with Crippen LogP contribution in [0, 0.1) is 0 Å². The van der Waals surface area contributed by atoms with Crippen LogP contribution in [0.1, 0.15) is 17.3 Å². The summed E-state index contributed by atoms with van der Waals surface area (Å²) < 4.78 is 0. The first-order valence-electron chi connectivity index (χ1n) is 5.60. The van der Waals surface area contributed by atoms with Gasteiger partial charge in [0.25, 0.3) is 5.91 Å². The summed E-state index contributed by atoms with van der Waals surface area (Å²) in [5.74, 6) is -0.0703. The molecule has 0 spiro atoms. The molecule has 90 valence electrons.